The van der Waals surface area contributed by atoms with Gasteiger partial charge in [-0.2, -0.15) is 13.2 Å². The number of hydrogen-bond acceptors (Lipinski definition) is 3. The molecule has 1 rings (SSSR count). The van der Waals surface area contributed by atoms with E-state index >= 15 is 0 Å². The first-order valence-electron chi connectivity index (χ1n) is 6.33. The molecular formula is C14H17F4NO3. The molecule has 22 heavy (non-hydrogen) atoms. The van der Waals surface area contributed by atoms with Crippen molar-refractivity contribution in [2.24, 2.45) is 0 Å². The number of anilines is 1. The fourth-order valence-corrected chi connectivity index (χ4v) is 1.50. The lowest BCUT2D eigenvalue weighted by Crippen LogP contribution is -2.39. The van der Waals surface area contributed by atoms with E-state index in [0.29, 0.717) is 13.0 Å². The van der Waals surface area contributed by atoms with Gasteiger partial charge in [0, 0.05) is 0 Å². The number of ether oxygens (including phenoxy) is 1. The van der Waals surface area contributed by atoms with E-state index in [9.17, 15) is 27.5 Å². The van der Waals surface area contributed by atoms with Gasteiger partial charge in [-0.05, 0) is 45.4 Å². The number of halogens is 4. The first-order valence-corrected chi connectivity index (χ1v) is 6.33. The van der Waals surface area contributed by atoms with Gasteiger partial charge in [-0.1, -0.05) is 6.07 Å². The first kappa shape index (κ1) is 18.2. The molecule has 124 valence electrons. The summed E-state index contributed by atoms with van der Waals surface area (Å²) in [5.41, 5.74) is -5.03. The smallest absolute Gasteiger partial charge is 0.421 e. The molecule has 0 saturated carbocycles. The Bertz CT molecular complexity index is 562. The van der Waals surface area contributed by atoms with E-state index in [-0.39, 0.29) is 5.69 Å². The van der Waals surface area contributed by atoms with Crippen LogP contribution in [-0.4, -0.2) is 23.0 Å². The topological polar surface area (TPSA) is 58.6 Å². The largest absolute Gasteiger partial charge is 0.444 e. The predicted octanol–water partition coefficient (Wildman–Crippen LogP) is 3.94. The fourth-order valence-electron chi connectivity index (χ4n) is 1.50. The van der Waals surface area contributed by atoms with E-state index in [2.05, 4.69) is 5.32 Å². The third-order valence-corrected chi connectivity index (χ3v) is 2.72. The Hall–Kier alpha value is -1.83. The molecule has 1 unspecified atom stereocenters. The van der Waals surface area contributed by atoms with Crippen molar-refractivity contribution in [1.29, 1.82) is 0 Å². The number of amides is 1. The maximum Gasteiger partial charge on any atom is 0.421 e. The van der Waals surface area contributed by atoms with Gasteiger partial charge < -0.3 is 9.84 Å². The van der Waals surface area contributed by atoms with Crippen LogP contribution < -0.4 is 5.32 Å². The van der Waals surface area contributed by atoms with Crippen molar-refractivity contribution >= 4 is 11.8 Å². The molecule has 0 heterocycles. The van der Waals surface area contributed by atoms with Crippen molar-refractivity contribution in [3.8, 4) is 0 Å². The summed E-state index contributed by atoms with van der Waals surface area (Å²) in [6, 6.07) is 2.32. The van der Waals surface area contributed by atoms with Gasteiger partial charge in [0.15, 0.2) is 5.60 Å². The van der Waals surface area contributed by atoms with Gasteiger partial charge in [-0.15, -0.1) is 0 Å². The summed E-state index contributed by atoms with van der Waals surface area (Å²) in [5, 5.41) is 11.6. The Labute approximate surface area is 125 Å². The molecular weight excluding hydrogens is 306 g/mol. The van der Waals surface area contributed by atoms with E-state index in [1.54, 1.807) is 20.8 Å². The van der Waals surface area contributed by atoms with Crippen LogP contribution in [0.15, 0.2) is 18.2 Å². The maximum atomic E-state index is 13.8. The van der Waals surface area contributed by atoms with Gasteiger partial charge in [-0.3, -0.25) is 5.32 Å². The van der Waals surface area contributed by atoms with E-state index in [1.165, 1.54) is 0 Å². The van der Waals surface area contributed by atoms with Crippen molar-refractivity contribution in [3.05, 3.63) is 29.6 Å². The standard InChI is InChI=1S/C14H17F4NO3/c1-12(2,3)22-11(20)19-10-6-5-8(7-9(10)15)13(4,21)14(16,17)18/h5-7,21H,1-4H3,(H,19,20). The maximum absolute atomic E-state index is 13.8. The zero-order valence-electron chi connectivity index (χ0n) is 12.5. The molecule has 0 aliphatic rings. The fraction of sp³-hybridized carbons (Fsp3) is 0.500. The molecule has 1 aromatic rings. The normalized spacial score (nSPS) is 15.1. The molecule has 0 aromatic heterocycles. The van der Waals surface area contributed by atoms with Crippen LogP contribution >= 0.6 is 0 Å². The first-order chi connectivity index (χ1) is 9.74. The highest BCUT2D eigenvalue weighted by Gasteiger charge is 2.51. The monoisotopic (exact) mass is 323 g/mol. The summed E-state index contributed by atoms with van der Waals surface area (Å²) in [5.74, 6) is -1.12. The van der Waals surface area contributed by atoms with Gasteiger partial charge >= 0.3 is 12.3 Å². The van der Waals surface area contributed by atoms with Crippen molar-refractivity contribution in [1.82, 2.24) is 0 Å². The number of carbonyl (C=O) groups is 1. The predicted molar refractivity (Wildman–Crippen MR) is 71.9 cm³/mol. The van der Waals surface area contributed by atoms with Crippen LogP contribution in [-0.2, 0) is 10.3 Å². The van der Waals surface area contributed by atoms with Crippen LogP contribution in [0.4, 0.5) is 28.0 Å². The molecule has 1 atom stereocenters. The van der Waals surface area contributed by atoms with Crippen molar-refractivity contribution in [2.75, 3.05) is 5.32 Å². The van der Waals surface area contributed by atoms with Crippen LogP contribution in [0, 0.1) is 5.82 Å². The number of alkyl halides is 3. The molecule has 0 radical (unpaired) electrons. The third kappa shape index (κ3) is 4.33. The second-order valence-electron chi connectivity index (χ2n) is 5.89. The van der Waals surface area contributed by atoms with E-state index in [0.717, 1.165) is 12.1 Å². The van der Waals surface area contributed by atoms with Crippen LogP contribution in [0.3, 0.4) is 0 Å². The molecule has 1 amide bonds. The molecule has 0 saturated heterocycles. The van der Waals surface area contributed by atoms with Gasteiger partial charge in [0.2, 0.25) is 0 Å². The lowest BCUT2D eigenvalue weighted by Gasteiger charge is -2.27. The number of rotatable bonds is 2. The minimum Gasteiger partial charge on any atom is -0.444 e. The van der Waals surface area contributed by atoms with E-state index in [1.807, 2.05) is 0 Å². The average Bonchev–Trinajstić information content (AvgIpc) is 2.27. The van der Waals surface area contributed by atoms with Crippen molar-refractivity contribution < 1.29 is 32.2 Å². The van der Waals surface area contributed by atoms with Crippen LogP contribution in [0.1, 0.15) is 33.3 Å². The molecule has 4 nitrogen and oxygen atoms in total. The zero-order chi connectivity index (χ0) is 17.3. The summed E-state index contributed by atoms with van der Waals surface area (Å²) in [7, 11) is 0. The summed E-state index contributed by atoms with van der Waals surface area (Å²) in [6.45, 7) is 5.33. The number of hydrogen-bond donors (Lipinski definition) is 2. The molecule has 8 heteroatoms. The van der Waals surface area contributed by atoms with Gasteiger partial charge in [-0.25, -0.2) is 9.18 Å². The highest BCUT2D eigenvalue weighted by Crippen LogP contribution is 2.39. The third-order valence-electron chi connectivity index (χ3n) is 2.72. The van der Waals surface area contributed by atoms with Gasteiger partial charge in [0.05, 0.1) is 5.69 Å². The van der Waals surface area contributed by atoms with Crippen molar-refractivity contribution in [2.45, 2.75) is 45.1 Å². The summed E-state index contributed by atoms with van der Waals surface area (Å²) < 4.78 is 56.8. The second kappa shape index (κ2) is 5.75. The minimum absolute atomic E-state index is 0.351. The highest BCUT2D eigenvalue weighted by molar-refractivity contribution is 5.85. The van der Waals surface area contributed by atoms with Crippen LogP contribution in [0.25, 0.3) is 0 Å². The molecule has 1 aromatic carbocycles. The number of aliphatic hydroxyl groups is 1. The molecule has 2 N–H and O–H groups in total. The van der Waals surface area contributed by atoms with E-state index < -0.39 is 34.9 Å². The Morgan fingerprint density at radius 3 is 2.14 bits per heavy atom. The zero-order valence-corrected chi connectivity index (χ0v) is 12.5. The lowest BCUT2D eigenvalue weighted by atomic mass is 9.95. The Balaban J connectivity index is 2.99. The molecule has 0 aliphatic heterocycles. The number of nitrogens with one attached hydrogen (secondary N) is 1. The number of carbonyl (C=O) groups excluding carboxylic acids is 1. The average molecular weight is 323 g/mol. The molecule has 0 fully saturated rings. The lowest BCUT2D eigenvalue weighted by molar-refractivity contribution is -0.258. The SMILES string of the molecule is CC(C)(C)OC(=O)Nc1ccc(C(C)(O)C(F)(F)F)cc1F. The van der Waals surface area contributed by atoms with Crippen LogP contribution in [0.5, 0.6) is 0 Å². The van der Waals surface area contributed by atoms with Gasteiger partial charge in [0.25, 0.3) is 0 Å². The van der Waals surface area contributed by atoms with Crippen molar-refractivity contribution in [3.63, 3.8) is 0 Å². The Morgan fingerprint density at radius 2 is 1.73 bits per heavy atom. The second-order valence-corrected chi connectivity index (χ2v) is 5.89. The molecule has 0 bridgehead atoms. The molecule has 0 aliphatic carbocycles. The number of benzene rings is 1. The highest BCUT2D eigenvalue weighted by atomic mass is 19.4. The summed E-state index contributed by atoms with van der Waals surface area (Å²) in [6.07, 6.45) is -5.90. The quantitative estimate of drug-likeness (QED) is 0.811. The van der Waals surface area contributed by atoms with Gasteiger partial charge in [0.1, 0.15) is 11.4 Å². The summed E-state index contributed by atoms with van der Waals surface area (Å²) in [4.78, 5) is 11.5. The summed E-state index contributed by atoms with van der Waals surface area (Å²) >= 11 is 0. The van der Waals surface area contributed by atoms with Crippen LogP contribution in [0.2, 0.25) is 0 Å². The van der Waals surface area contributed by atoms with E-state index in [4.69, 9.17) is 4.74 Å². The Kier molecular flexibility index (Phi) is 4.76. The molecule has 0 spiro atoms. The Morgan fingerprint density at radius 1 is 1.18 bits per heavy atom. The minimum atomic E-state index is -4.96.